The minimum atomic E-state index is 0.204. The molecule has 8 bridgehead atoms. The second-order valence-corrected chi connectivity index (χ2v) is 12.5. The van der Waals surface area contributed by atoms with Gasteiger partial charge in [0.05, 0.1) is 31.0 Å². The fraction of sp³-hybridized carbons (Fsp3) is 1.00. The van der Waals surface area contributed by atoms with Gasteiger partial charge in [-0.1, -0.05) is 0 Å². The summed E-state index contributed by atoms with van der Waals surface area (Å²) in [7, 11) is 0. The number of hydrogen-bond acceptors (Lipinski definition) is 4. The Kier molecular flexibility index (Phi) is 5.46. The van der Waals surface area contributed by atoms with Crippen LogP contribution in [-0.2, 0) is 9.47 Å². The molecular weight excluding hydrogens is 374 g/mol. The van der Waals surface area contributed by atoms with Crippen LogP contribution in [0.3, 0.4) is 0 Å². The van der Waals surface area contributed by atoms with E-state index >= 15 is 0 Å². The van der Waals surface area contributed by atoms with Gasteiger partial charge in [-0.2, -0.15) is 0 Å². The molecule has 0 spiro atoms. The minimum absolute atomic E-state index is 0.204. The van der Waals surface area contributed by atoms with E-state index in [0.717, 1.165) is 68.4 Å². The van der Waals surface area contributed by atoms with Crippen LogP contribution >= 0.6 is 0 Å². The Hall–Kier alpha value is -0.160. The SMILES string of the molecule is OCCN(CCOC12CC3CC(CC(C3)C1)C2)CCOC12CC3CC(CC(C3)C1)C2. The fourth-order valence-corrected chi connectivity index (χ4v) is 9.68. The van der Waals surface area contributed by atoms with Gasteiger partial charge in [-0.15, -0.1) is 0 Å². The molecule has 4 nitrogen and oxygen atoms in total. The van der Waals surface area contributed by atoms with Gasteiger partial charge in [0, 0.05) is 19.6 Å². The predicted molar refractivity (Wildman–Crippen MR) is 117 cm³/mol. The summed E-state index contributed by atoms with van der Waals surface area (Å²) >= 11 is 0. The molecule has 0 aromatic carbocycles. The van der Waals surface area contributed by atoms with E-state index < -0.39 is 0 Å². The van der Waals surface area contributed by atoms with Crippen LogP contribution in [0.2, 0.25) is 0 Å². The minimum Gasteiger partial charge on any atom is -0.395 e. The average molecular weight is 418 g/mol. The van der Waals surface area contributed by atoms with Crippen molar-refractivity contribution < 1.29 is 14.6 Å². The normalized spacial score (nSPS) is 48.2. The number of ether oxygens (including phenoxy) is 2. The van der Waals surface area contributed by atoms with Crippen LogP contribution in [0.4, 0.5) is 0 Å². The molecule has 0 radical (unpaired) electrons. The lowest BCUT2D eigenvalue weighted by molar-refractivity contribution is -0.170. The van der Waals surface area contributed by atoms with Gasteiger partial charge in [0.2, 0.25) is 0 Å². The Morgan fingerprint density at radius 2 is 0.900 bits per heavy atom. The zero-order valence-corrected chi connectivity index (χ0v) is 18.9. The molecule has 0 aliphatic heterocycles. The molecule has 8 saturated carbocycles. The first-order valence-electron chi connectivity index (χ1n) is 13.2. The van der Waals surface area contributed by atoms with Crippen molar-refractivity contribution in [1.29, 1.82) is 0 Å². The topological polar surface area (TPSA) is 41.9 Å². The Morgan fingerprint density at radius 1 is 0.567 bits per heavy atom. The molecule has 8 aliphatic rings. The van der Waals surface area contributed by atoms with Crippen molar-refractivity contribution >= 4 is 0 Å². The van der Waals surface area contributed by atoms with Crippen molar-refractivity contribution in [2.75, 3.05) is 39.5 Å². The second-order valence-electron chi connectivity index (χ2n) is 12.5. The van der Waals surface area contributed by atoms with Crippen LogP contribution in [0.15, 0.2) is 0 Å². The smallest absolute Gasteiger partial charge is 0.0691 e. The highest BCUT2D eigenvalue weighted by Gasteiger charge is 2.52. The van der Waals surface area contributed by atoms with Crippen LogP contribution in [0.25, 0.3) is 0 Å². The molecule has 4 heteroatoms. The molecule has 30 heavy (non-hydrogen) atoms. The first kappa shape index (κ1) is 20.4. The molecule has 0 unspecified atom stereocenters. The highest BCUT2D eigenvalue weighted by atomic mass is 16.5. The summed E-state index contributed by atoms with van der Waals surface area (Å²) in [5, 5.41) is 9.57. The van der Waals surface area contributed by atoms with Crippen LogP contribution in [0, 0.1) is 35.5 Å². The Labute approximate surface area is 183 Å². The molecule has 0 saturated heterocycles. The monoisotopic (exact) mass is 417 g/mol. The van der Waals surface area contributed by atoms with Crippen LogP contribution in [-0.4, -0.2) is 60.7 Å². The van der Waals surface area contributed by atoms with Gasteiger partial charge in [0.15, 0.2) is 0 Å². The summed E-state index contributed by atoms with van der Waals surface area (Å²) in [6, 6.07) is 0. The third kappa shape index (κ3) is 4.00. The Bertz CT molecular complexity index is 499. The van der Waals surface area contributed by atoms with Gasteiger partial charge in [0.1, 0.15) is 0 Å². The highest BCUT2D eigenvalue weighted by Crippen LogP contribution is 2.58. The summed E-state index contributed by atoms with van der Waals surface area (Å²) in [4.78, 5) is 2.38. The number of nitrogens with zero attached hydrogens (tertiary/aromatic N) is 1. The molecule has 1 N–H and O–H groups in total. The van der Waals surface area contributed by atoms with Gasteiger partial charge >= 0.3 is 0 Å². The van der Waals surface area contributed by atoms with Crippen molar-refractivity contribution in [1.82, 2.24) is 4.90 Å². The maximum absolute atomic E-state index is 9.57. The maximum atomic E-state index is 9.57. The lowest BCUT2D eigenvalue weighted by Gasteiger charge is -2.56. The highest BCUT2D eigenvalue weighted by molar-refractivity contribution is 5.04. The lowest BCUT2D eigenvalue weighted by atomic mass is 9.54. The quantitative estimate of drug-likeness (QED) is 0.577. The van der Waals surface area contributed by atoms with E-state index in [0.29, 0.717) is 0 Å². The summed E-state index contributed by atoms with van der Waals surface area (Å²) in [5.41, 5.74) is 0.407. The van der Waals surface area contributed by atoms with Crippen molar-refractivity contribution in [3.8, 4) is 0 Å². The van der Waals surface area contributed by atoms with E-state index in [1.165, 1.54) is 77.0 Å². The zero-order valence-electron chi connectivity index (χ0n) is 18.9. The second kappa shape index (κ2) is 8.01. The first-order chi connectivity index (χ1) is 14.6. The largest absolute Gasteiger partial charge is 0.395 e. The van der Waals surface area contributed by atoms with Crippen molar-refractivity contribution in [3.63, 3.8) is 0 Å². The first-order valence-corrected chi connectivity index (χ1v) is 13.2. The molecule has 0 amide bonds. The van der Waals surface area contributed by atoms with Gasteiger partial charge in [-0.05, 0) is 113 Å². The van der Waals surface area contributed by atoms with Gasteiger partial charge < -0.3 is 14.6 Å². The summed E-state index contributed by atoms with van der Waals surface area (Å²) < 4.78 is 13.3. The number of rotatable bonds is 10. The molecule has 0 aromatic heterocycles. The standard InChI is InChI=1S/C26H43NO3/c28-4-1-27(2-5-29-25-13-19-7-20(14-25)9-21(8-19)15-25)3-6-30-26-16-22-10-23(17-26)12-24(11-22)18-26/h19-24,28H,1-18H2. The number of aliphatic hydroxyl groups excluding tert-OH is 1. The van der Waals surface area contributed by atoms with Crippen molar-refractivity contribution in [2.45, 2.75) is 88.3 Å². The summed E-state index contributed by atoms with van der Waals surface area (Å²) in [5.74, 6) is 5.66. The predicted octanol–water partition coefficient (Wildman–Crippen LogP) is 4.25. The molecular formula is C26H43NO3. The van der Waals surface area contributed by atoms with E-state index in [1.54, 1.807) is 0 Å². The fourth-order valence-electron chi connectivity index (χ4n) is 9.68. The third-order valence-electron chi connectivity index (χ3n) is 10.0. The molecule has 0 heterocycles. The zero-order chi connectivity index (χ0) is 20.2. The van der Waals surface area contributed by atoms with Crippen molar-refractivity contribution in [2.24, 2.45) is 35.5 Å². The van der Waals surface area contributed by atoms with Crippen LogP contribution < -0.4 is 0 Å². The van der Waals surface area contributed by atoms with Crippen LogP contribution in [0.5, 0.6) is 0 Å². The molecule has 0 aromatic rings. The summed E-state index contributed by atoms with van der Waals surface area (Å²) in [6.45, 7) is 4.50. The van der Waals surface area contributed by atoms with E-state index in [1.807, 2.05) is 0 Å². The Balaban J connectivity index is 0.976. The Morgan fingerprint density at radius 3 is 1.20 bits per heavy atom. The summed E-state index contributed by atoms with van der Waals surface area (Å²) in [6.07, 6.45) is 16.7. The average Bonchev–Trinajstić information content (AvgIpc) is 2.65. The molecule has 8 aliphatic carbocycles. The maximum Gasteiger partial charge on any atom is 0.0691 e. The molecule has 0 atom stereocenters. The van der Waals surface area contributed by atoms with E-state index in [-0.39, 0.29) is 17.8 Å². The van der Waals surface area contributed by atoms with E-state index in [4.69, 9.17) is 9.47 Å². The van der Waals surface area contributed by atoms with Crippen molar-refractivity contribution in [3.05, 3.63) is 0 Å². The molecule has 170 valence electrons. The van der Waals surface area contributed by atoms with Gasteiger partial charge in [-0.3, -0.25) is 4.90 Å². The lowest BCUT2D eigenvalue weighted by Crippen LogP contribution is -2.53. The van der Waals surface area contributed by atoms with Gasteiger partial charge in [-0.25, -0.2) is 0 Å². The number of aliphatic hydroxyl groups is 1. The molecule has 8 fully saturated rings. The van der Waals surface area contributed by atoms with E-state index in [2.05, 4.69) is 4.90 Å². The van der Waals surface area contributed by atoms with Gasteiger partial charge in [0.25, 0.3) is 0 Å². The van der Waals surface area contributed by atoms with E-state index in [9.17, 15) is 5.11 Å². The molecule has 8 rings (SSSR count). The number of hydrogen-bond donors (Lipinski definition) is 1. The van der Waals surface area contributed by atoms with Crippen LogP contribution in [0.1, 0.15) is 77.0 Å². The third-order valence-corrected chi connectivity index (χ3v) is 10.0.